The van der Waals surface area contributed by atoms with E-state index in [1.807, 2.05) is 37.3 Å². The number of rotatable bonds is 13. The van der Waals surface area contributed by atoms with Gasteiger partial charge >= 0.3 is 0 Å². The third kappa shape index (κ3) is 9.51. The zero-order valence-electron chi connectivity index (χ0n) is 22.6. The summed E-state index contributed by atoms with van der Waals surface area (Å²) in [6, 6.07) is 17.6. The highest BCUT2D eigenvalue weighted by Gasteiger charge is 2.33. The van der Waals surface area contributed by atoms with Gasteiger partial charge in [-0.3, -0.25) is 13.9 Å². The fourth-order valence-electron chi connectivity index (χ4n) is 4.17. The lowest BCUT2D eigenvalue weighted by atomic mass is 10.0. The Balaban J connectivity index is 2.08. The Morgan fingerprint density at radius 2 is 1.56 bits per heavy atom. The Bertz CT molecular complexity index is 1470. The van der Waals surface area contributed by atoms with E-state index in [-0.39, 0.29) is 39.6 Å². The van der Waals surface area contributed by atoms with Crippen LogP contribution in [-0.2, 0) is 32.6 Å². The summed E-state index contributed by atoms with van der Waals surface area (Å²) in [6.45, 7) is 1.79. The third-order valence-electron chi connectivity index (χ3n) is 6.29. The fourth-order valence-corrected chi connectivity index (χ4v) is 5.78. The van der Waals surface area contributed by atoms with Gasteiger partial charge in [0.25, 0.3) is 0 Å². The number of sulfonamides is 1. The molecule has 1 unspecified atom stereocenters. The van der Waals surface area contributed by atoms with Gasteiger partial charge in [-0.2, -0.15) is 0 Å². The van der Waals surface area contributed by atoms with Gasteiger partial charge in [0, 0.05) is 24.5 Å². The largest absolute Gasteiger partial charge is 0.354 e. The Labute approximate surface area is 261 Å². The number of hydrogen-bond donors (Lipinski definition) is 1. The molecule has 41 heavy (non-hydrogen) atoms. The molecule has 220 valence electrons. The molecule has 0 saturated carbocycles. The van der Waals surface area contributed by atoms with Gasteiger partial charge in [-0.1, -0.05) is 96.1 Å². The van der Waals surface area contributed by atoms with E-state index in [1.165, 1.54) is 23.1 Å². The summed E-state index contributed by atoms with van der Waals surface area (Å²) in [5.41, 5.74) is 1.49. The number of carbonyl (C=O) groups is 2. The molecule has 0 heterocycles. The minimum atomic E-state index is -3.99. The van der Waals surface area contributed by atoms with Crippen molar-refractivity contribution in [3.05, 3.63) is 97.9 Å². The number of benzene rings is 3. The normalized spacial score (nSPS) is 12.0. The van der Waals surface area contributed by atoms with Gasteiger partial charge in [0.1, 0.15) is 12.6 Å². The lowest BCUT2D eigenvalue weighted by Gasteiger charge is -2.33. The predicted molar refractivity (Wildman–Crippen MR) is 168 cm³/mol. The smallest absolute Gasteiger partial charge is 0.244 e. The molecule has 12 heteroatoms. The molecule has 3 aromatic rings. The van der Waals surface area contributed by atoms with Crippen LogP contribution in [0.1, 0.15) is 30.9 Å². The van der Waals surface area contributed by atoms with Crippen molar-refractivity contribution >= 4 is 73.9 Å². The number of carbonyl (C=O) groups excluding carboxylic acids is 2. The van der Waals surface area contributed by atoms with Crippen LogP contribution < -0.4 is 9.62 Å². The van der Waals surface area contributed by atoms with E-state index < -0.39 is 28.5 Å². The maximum atomic E-state index is 14.1. The quantitative estimate of drug-likeness (QED) is 0.209. The predicted octanol–water partition coefficient (Wildman–Crippen LogP) is 6.62. The molecular weight excluding hydrogens is 628 g/mol. The van der Waals surface area contributed by atoms with Crippen LogP contribution in [0.4, 0.5) is 5.69 Å². The number of hydrogen-bond acceptors (Lipinski definition) is 4. The third-order valence-corrected chi connectivity index (χ3v) is 8.71. The molecule has 0 aromatic heterocycles. The average Bonchev–Trinajstić information content (AvgIpc) is 2.92. The minimum Gasteiger partial charge on any atom is -0.354 e. The molecule has 0 saturated heterocycles. The Hall–Kier alpha value is -2.49. The summed E-state index contributed by atoms with van der Waals surface area (Å²) in [5.74, 6) is -0.980. The molecule has 1 atom stereocenters. The fraction of sp³-hybridized carbons (Fsp3) is 0.310. The first-order chi connectivity index (χ1) is 19.4. The molecule has 0 aliphatic carbocycles. The number of nitrogens with zero attached hydrogens (tertiary/aromatic N) is 2. The second-order valence-corrected chi connectivity index (χ2v) is 13.1. The van der Waals surface area contributed by atoms with Crippen molar-refractivity contribution in [2.24, 2.45) is 0 Å². The first-order valence-corrected chi connectivity index (χ1v) is 16.2. The number of amides is 2. The second kappa shape index (κ2) is 15.1. The topological polar surface area (TPSA) is 86.8 Å². The Morgan fingerprint density at radius 1 is 0.878 bits per heavy atom. The van der Waals surface area contributed by atoms with Gasteiger partial charge in [0.2, 0.25) is 21.8 Å². The van der Waals surface area contributed by atoms with Crippen LogP contribution in [0.15, 0.2) is 66.7 Å². The molecule has 0 aliphatic rings. The molecule has 3 rings (SSSR count). The number of anilines is 1. The first-order valence-electron chi connectivity index (χ1n) is 12.9. The van der Waals surface area contributed by atoms with Gasteiger partial charge in [-0.15, -0.1) is 0 Å². The highest BCUT2D eigenvalue weighted by molar-refractivity contribution is 7.92. The molecule has 7 nitrogen and oxygen atoms in total. The summed E-state index contributed by atoms with van der Waals surface area (Å²) < 4.78 is 26.7. The van der Waals surface area contributed by atoms with E-state index >= 15 is 0 Å². The number of halogens is 4. The molecule has 0 bridgehead atoms. The van der Waals surface area contributed by atoms with Crippen molar-refractivity contribution in [3.63, 3.8) is 0 Å². The van der Waals surface area contributed by atoms with E-state index in [4.69, 9.17) is 46.4 Å². The number of unbranched alkanes of at least 4 members (excludes halogenated alkanes) is 1. The minimum absolute atomic E-state index is 0.0324. The van der Waals surface area contributed by atoms with Gasteiger partial charge in [0.15, 0.2) is 0 Å². The molecule has 3 aromatic carbocycles. The zero-order chi connectivity index (χ0) is 30.2. The second-order valence-electron chi connectivity index (χ2n) is 9.49. The van der Waals surface area contributed by atoms with Gasteiger partial charge in [-0.05, 0) is 47.9 Å². The maximum Gasteiger partial charge on any atom is 0.244 e. The lowest BCUT2D eigenvalue weighted by Crippen LogP contribution is -2.53. The van der Waals surface area contributed by atoms with Gasteiger partial charge in [-0.25, -0.2) is 8.42 Å². The maximum absolute atomic E-state index is 14.1. The standard InChI is InChI=1S/C29H31Cl4N3O4S/c1-3-4-14-34-29(38)27(16-20-8-6-5-7-9-20)35(18-21-10-12-23(31)25(33)15-21)28(37)19-36(41(2,39)40)26-17-22(30)11-13-24(26)32/h5-13,15,17,27H,3-4,14,16,18-19H2,1-2H3,(H,34,38). The van der Waals surface area contributed by atoms with Gasteiger partial charge in [0.05, 0.1) is 27.0 Å². The van der Waals surface area contributed by atoms with Crippen LogP contribution in [0.25, 0.3) is 0 Å². The molecule has 0 radical (unpaired) electrons. The van der Waals surface area contributed by atoms with Crippen molar-refractivity contribution in [2.45, 2.75) is 38.8 Å². The van der Waals surface area contributed by atoms with Crippen molar-refractivity contribution < 1.29 is 18.0 Å². The molecular formula is C29H31Cl4N3O4S. The van der Waals surface area contributed by atoms with Crippen LogP contribution >= 0.6 is 46.4 Å². The Morgan fingerprint density at radius 3 is 2.20 bits per heavy atom. The van der Waals surface area contributed by atoms with E-state index in [0.29, 0.717) is 17.1 Å². The Kier molecular flexibility index (Phi) is 12.2. The van der Waals surface area contributed by atoms with Crippen molar-refractivity contribution in [1.82, 2.24) is 10.2 Å². The average molecular weight is 659 g/mol. The molecule has 2 amide bonds. The van der Waals surface area contributed by atoms with E-state index in [1.54, 1.807) is 18.2 Å². The zero-order valence-corrected chi connectivity index (χ0v) is 26.5. The van der Waals surface area contributed by atoms with Crippen LogP contribution in [0.2, 0.25) is 20.1 Å². The van der Waals surface area contributed by atoms with Crippen molar-refractivity contribution in [2.75, 3.05) is 23.7 Å². The van der Waals surface area contributed by atoms with Crippen LogP contribution in [0.5, 0.6) is 0 Å². The molecule has 0 fully saturated rings. The molecule has 1 N–H and O–H groups in total. The molecule has 0 aliphatic heterocycles. The van der Waals surface area contributed by atoms with Crippen molar-refractivity contribution in [1.29, 1.82) is 0 Å². The molecule has 0 spiro atoms. The van der Waals surface area contributed by atoms with E-state index in [9.17, 15) is 18.0 Å². The summed E-state index contributed by atoms with van der Waals surface area (Å²) in [6.07, 6.45) is 2.81. The lowest BCUT2D eigenvalue weighted by molar-refractivity contribution is -0.140. The summed E-state index contributed by atoms with van der Waals surface area (Å²) >= 11 is 24.8. The highest BCUT2D eigenvalue weighted by atomic mass is 35.5. The first kappa shape index (κ1) is 33.0. The van der Waals surface area contributed by atoms with Crippen LogP contribution in [0, 0.1) is 0 Å². The van der Waals surface area contributed by atoms with Crippen LogP contribution in [-0.4, -0.2) is 50.5 Å². The highest BCUT2D eigenvalue weighted by Crippen LogP contribution is 2.31. The van der Waals surface area contributed by atoms with Crippen molar-refractivity contribution in [3.8, 4) is 0 Å². The monoisotopic (exact) mass is 657 g/mol. The summed E-state index contributed by atoms with van der Waals surface area (Å²) in [7, 11) is -3.99. The van der Waals surface area contributed by atoms with E-state index in [0.717, 1.165) is 29.0 Å². The summed E-state index contributed by atoms with van der Waals surface area (Å²) in [4.78, 5) is 29.1. The number of nitrogens with one attached hydrogen (secondary N) is 1. The van der Waals surface area contributed by atoms with Gasteiger partial charge < -0.3 is 10.2 Å². The van der Waals surface area contributed by atoms with Crippen LogP contribution in [0.3, 0.4) is 0 Å². The van der Waals surface area contributed by atoms with E-state index in [2.05, 4.69) is 5.32 Å². The SMILES string of the molecule is CCCCNC(=O)C(Cc1ccccc1)N(Cc1ccc(Cl)c(Cl)c1)C(=O)CN(c1cc(Cl)ccc1Cl)S(C)(=O)=O. The summed E-state index contributed by atoms with van der Waals surface area (Å²) in [5, 5.41) is 3.89.